The third-order valence-corrected chi connectivity index (χ3v) is 4.72. The van der Waals surface area contributed by atoms with Crippen LogP contribution in [0.1, 0.15) is 16.5 Å². The Labute approximate surface area is 136 Å². The summed E-state index contributed by atoms with van der Waals surface area (Å²) in [4.78, 5) is 13.0. The summed E-state index contributed by atoms with van der Waals surface area (Å²) in [6.07, 6.45) is 7.06. The molecule has 1 atom stereocenters. The predicted molar refractivity (Wildman–Crippen MR) is 91.0 cm³/mol. The standard InChI is InChI=1S/C16H15N3OS2/c20-16(5-4-14-3-1-9-22-14)17-11-15(13-6-10-21-12-13)19-8-2-7-18-19/h1-10,12,15H,11H2,(H,17,20)/b5-4+/t15-/m1/s1. The number of hydrogen-bond donors (Lipinski definition) is 1. The lowest BCUT2D eigenvalue weighted by Gasteiger charge is -2.16. The molecule has 0 spiro atoms. The molecule has 1 N–H and O–H groups in total. The van der Waals surface area contributed by atoms with Crippen molar-refractivity contribution in [2.75, 3.05) is 6.54 Å². The Morgan fingerprint density at radius 1 is 1.36 bits per heavy atom. The van der Waals surface area contributed by atoms with E-state index in [4.69, 9.17) is 0 Å². The van der Waals surface area contributed by atoms with Crippen LogP contribution in [-0.2, 0) is 4.79 Å². The zero-order valence-electron chi connectivity index (χ0n) is 11.8. The number of thiophene rings is 2. The van der Waals surface area contributed by atoms with Crippen molar-refractivity contribution in [1.29, 1.82) is 0 Å². The van der Waals surface area contributed by atoms with Crippen molar-refractivity contribution in [2.24, 2.45) is 0 Å². The second kappa shape index (κ2) is 7.20. The lowest BCUT2D eigenvalue weighted by atomic mass is 10.1. The molecule has 0 aromatic carbocycles. The topological polar surface area (TPSA) is 46.9 Å². The number of rotatable bonds is 6. The molecule has 0 radical (unpaired) electrons. The van der Waals surface area contributed by atoms with Gasteiger partial charge < -0.3 is 5.32 Å². The Balaban J connectivity index is 1.63. The summed E-state index contributed by atoms with van der Waals surface area (Å²) in [6, 6.07) is 7.90. The van der Waals surface area contributed by atoms with Crippen LogP contribution in [0, 0.1) is 0 Å². The summed E-state index contributed by atoms with van der Waals surface area (Å²) in [5, 5.41) is 13.3. The van der Waals surface area contributed by atoms with E-state index in [2.05, 4.69) is 21.9 Å². The normalized spacial score (nSPS) is 12.5. The first-order valence-electron chi connectivity index (χ1n) is 6.83. The maximum Gasteiger partial charge on any atom is 0.244 e. The van der Waals surface area contributed by atoms with Crippen LogP contribution < -0.4 is 5.32 Å². The van der Waals surface area contributed by atoms with Crippen LogP contribution in [0.3, 0.4) is 0 Å². The van der Waals surface area contributed by atoms with Crippen LogP contribution in [0.4, 0.5) is 0 Å². The highest BCUT2D eigenvalue weighted by atomic mass is 32.1. The number of aromatic nitrogens is 2. The smallest absolute Gasteiger partial charge is 0.244 e. The quantitative estimate of drug-likeness (QED) is 0.704. The van der Waals surface area contributed by atoms with Crippen molar-refractivity contribution in [3.63, 3.8) is 0 Å². The van der Waals surface area contributed by atoms with E-state index in [0.29, 0.717) is 6.54 Å². The average Bonchev–Trinajstić information content (AvgIpc) is 3.27. The maximum atomic E-state index is 12.0. The van der Waals surface area contributed by atoms with Gasteiger partial charge in [-0.25, -0.2) is 0 Å². The van der Waals surface area contributed by atoms with E-state index in [0.717, 1.165) is 10.4 Å². The van der Waals surface area contributed by atoms with Gasteiger partial charge in [-0.3, -0.25) is 9.48 Å². The molecule has 3 aromatic heterocycles. The molecule has 0 saturated heterocycles. The molecule has 3 aromatic rings. The van der Waals surface area contributed by atoms with Crippen LogP contribution >= 0.6 is 22.7 Å². The van der Waals surface area contributed by atoms with E-state index in [1.165, 1.54) is 0 Å². The minimum absolute atomic E-state index is 0.0142. The van der Waals surface area contributed by atoms with Gasteiger partial charge in [0.05, 0.1) is 6.04 Å². The molecule has 0 bridgehead atoms. The molecular formula is C16H15N3OS2. The van der Waals surface area contributed by atoms with Crippen LogP contribution in [-0.4, -0.2) is 22.2 Å². The van der Waals surface area contributed by atoms with Crippen molar-refractivity contribution in [3.05, 3.63) is 69.3 Å². The largest absolute Gasteiger partial charge is 0.350 e. The Hall–Kier alpha value is -2.18. The van der Waals surface area contributed by atoms with Crippen molar-refractivity contribution >= 4 is 34.7 Å². The first-order chi connectivity index (χ1) is 10.8. The Morgan fingerprint density at radius 3 is 3.00 bits per heavy atom. The molecule has 112 valence electrons. The van der Waals surface area contributed by atoms with Gasteiger partial charge in [0, 0.05) is 29.9 Å². The second-order valence-corrected chi connectivity index (χ2v) is 6.41. The third kappa shape index (κ3) is 3.72. The van der Waals surface area contributed by atoms with E-state index in [9.17, 15) is 4.79 Å². The number of amides is 1. The van der Waals surface area contributed by atoms with Crippen molar-refractivity contribution < 1.29 is 4.79 Å². The summed E-state index contributed by atoms with van der Waals surface area (Å²) in [5.41, 5.74) is 1.15. The highest BCUT2D eigenvalue weighted by Crippen LogP contribution is 2.19. The van der Waals surface area contributed by atoms with Gasteiger partial charge in [0.1, 0.15) is 0 Å². The van der Waals surface area contributed by atoms with Gasteiger partial charge in [0.15, 0.2) is 0 Å². The molecule has 1 amide bonds. The number of hydrogen-bond acceptors (Lipinski definition) is 4. The maximum absolute atomic E-state index is 12.0. The lowest BCUT2D eigenvalue weighted by molar-refractivity contribution is -0.116. The molecule has 0 fully saturated rings. The fourth-order valence-corrected chi connectivity index (χ4v) is 3.42. The zero-order chi connectivity index (χ0) is 15.2. The highest BCUT2D eigenvalue weighted by molar-refractivity contribution is 7.10. The molecule has 4 nitrogen and oxygen atoms in total. The molecule has 0 saturated carbocycles. The van der Waals surface area contributed by atoms with Gasteiger partial charge in [0.25, 0.3) is 0 Å². The average molecular weight is 329 g/mol. The first-order valence-corrected chi connectivity index (χ1v) is 8.66. The summed E-state index contributed by atoms with van der Waals surface area (Å²) >= 11 is 3.25. The van der Waals surface area contributed by atoms with Crippen LogP contribution in [0.15, 0.2) is 58.9 Å². The van der Waals surface area contributed by atoms with Crippen LogP contribution in [0.25, 0.3) is 6.08 Å². The number of carbonyl (C=O) groups excluding carboxylic acids is 1. The monoisotopic (exact) mass is 329 g/mol. The third-order valence-electron chi connectivity index (χ3n) is 3.18. The summed E-state index contributed by atoms with van der Waals surface area (Å²) in [7, 11) is 0. The number of nitrogens with one attached hydrogen (secondary N) is 1. The number of nitrogens with zero attached hydrogens (tertiary/aromatic N) is 2. The van der Waals surface area contributed by atoms with Gasteiger partial charge in [-0.2, -0.15) is 16.4 Å². The summed E-state index contributed by atoms with van der Waals surface area (Å²) in [5.74, 6) is -0.0965. The van der Waals surface area contributed by atoms with Gasteiger partial charge in [-0.1, -0.05) is 6.07 Å². The zero-order valence-corrected chi connectivity index (χ0v) is 13.4. The fraction of sp³-hybridized carbons (Fsp3) is 0.125. The molecule has 0 aliphatic heterocycles. The molecule has 3 rings (SSSR count). The van der Waals surface area contributed by atoms with Crippen LogP contribution in [0.5, 0.6) is 0 Å². The van der Waals surface area contributed by atoms with E-state index in [1.807, 2.05) is 45.9 Å². The molecule has 0 unspecified atom stereocenters. The van der Waals surface area contributed by atoms with E-state index >= 15 is 0 Å². The van der Waals surface area contributed by atoms with Gasteiger partial charge >= 0.3 is 0 Å². The van der Waals surface area contributed by atoms with E-state index in [-0.39, 0.29) is 11.9 Å². The molecule has 0 aliphatic carbocycles. The molecule has 0 aliphatic rings. The Kier molecular flexibility index (Phi) is 4.82. The summed E-state index contributed by atoms with van der Waals surface area (Å²) in [6.45, 7) is 0.506. The summed E-state index contributed by atoms with van der Waals surface area (Å²) < 4.78 is 1.87. The SMILES string of the molecule is O=C(/C=C/c1cccs1)NC[C@H](c1ccsc1)n1cccn1. The van der Waals surface area contributed by atoms with E-state index in [1.54, 1.807) is 34.9 Å². The lowest BCUT2D eigenvalue weighted by Crippen LogP contribution is -2.30. The van der Waals surface area contributed by atoms with Gasteiger partial charge in [-0.05, 0) is 46.0 Å². The Bertz CT molecular complexity index is 681. The second-order valence-electron chi connectivity index (χ2n) is 4.65. The molecule has 3 heterocycles. The number of carbonyl (C=O) groups is 1. The predicted octanol–water partition coefficient (Wildman–Crippen LogP) is 3.43. The fourth-order valence-electron chi connectivity index (χ4n) is 2.09. The first kappa shape index (κ1) is 14.7. The highest BCUT2D eigenvalue weighted by Gasteiger charge is 2.15. The minimum Gasteiger partial charge on any atom is -0.350 e. The molecule has 6 heteroatoms. The minimum atomic E-state index is -0.0965. The van der Waals surface area contributed by atoms with E-state index < -0.39 is 0 Å². The Morgan fingerprint density at radius 2 is 2.32 bits per heavy atom. The molecule has 22 heavy (non-hydrogen) atoms. The van der Waals surface area contributed by atoms with Gasteiger partial charge in [0.2, 0.25) is 5.91 Å². The van der Waals surface area contributed by atoms with Gasteiger partial charge in [-0.15, -0.1) is 11.3 Å². The van der Waals surface area contributed by atoms with Crippen molar-refractivity contribution in [1.82, 2.24) is 15.1 Å². The molecular weight excluding hydrogens is 314 g/mol. The van der Waals surface area contributed by atoms with Crippen LogP contribution in [0.2, 0.25) is 0 Å². The van der Waals surface area contributed by atoms with Crippen molar-refractivity contribution in [3.8, 4) is 0 Å². The van der Waals surface area contributed by atoms with Crippen molar-refractivity contribution in [2.45, 2.75) is 6.04 Å².